The number of carbonyl (C=O) groups is 1. The summed E-state index contributed by atoms with van der Waals surface area (Å²) in [6.07, 6.45) is 3.66. The molecule has 1 saturated carbocycles. The molecule has 0 radical (unpaired) electrons. The molecular weight excluding hydrogens is 316 g/mol. The third kappa shape index (κ3) is 3.86. The van der Waals surface area contributed by atoms with Crippen molar-refractivity contribution < 1.29 is 9.53 Å². The molecule has 3 rings (SSSR count). The first kappa shape index (κ1) is 16.3. The quantitative estimate of drug-likeness (QED) is 0.898. The van der Waals surface area contributed by atoms with Gasteiger partial charge in [0.2, 0.25) is 0 Å². The molecule has 23 heavy (non-hydrogen) atoms. The van der Waals surface area contributed by atoms with Crippen molar-refractivity contribution in [2.24, 2.45) is 11.8 Å². The molecular formula is C16H23ClN4O2. The minimum atomic E-state index is -0.469. The highest BCUT2D eigenvalue weighted by Crippen LogP contribution is 2.38. The van der Waals surface area contributed by atoms with Gasteiger partial charge in [-0.3, -0.25) is 0 Å². The van der Waals surface area contributed by atoms with Crippen molar-refractivity contribution in [1.29, 1.82) is 0 Å². The van der Waals surface area contributed by atoms with Gasteiger partial charge in [0.15, 0.2) is 5.15 Å². The highest BCUT2D eigenvalue weighted by atomic mass is 35.5. The van der Waals surface area contributed by atoms with Crippen LogP contribution in [-0.4, -0.2) is 41.0 Å². The number of carbonyl (C=O) groups excluding carboxylic acids is 1. The Morgan fingerprint density at radius 1 is 1.35 bits per heavy atom. The number of nitrogens with zero attached hydrogens (tertiary/aromatic N) is 3. The normalized spacial score (nSPS) is 27.0. The Bertz CT molecular complexity index is 576. The maximum Gasteiger partial charge on any atom is 0.407 e. The Morgan fingerprint density at radius 2 is 2.00 bits per heavy atom. The third-order valence-electron chi connectivity index (χ3n) is 4.49. The molecule has 1 N–H and O–H groups in total. The summed E-state index contributed by atoms with van der Waals surface area (Å²) in [7, 11) is 0. The number of amides is 1. The number of hydrogen-bond donors (Lipinski definition) is 1. The van der Waals surface area contributed by atoms with Crippen molar-refractivity contribution >= 4 is 23.4 Å². The molecule has 2 heterocycles. The number of rotatable bonds is 2. The Morgan fingerprint density at radius 3 is 2.57 bits per heavy atom. The second-order valence-electron chi connectivity index (χ2n) is 7.41. The zero-order chi connectivity index (χ0) is 16.6. The minimum absolute atomic E-state index is 0.186. The van der Waals surface area contributed by atoms with E-state index < -0.39 is 5.60 Å². The second kappa shape index (κ2) is 6.15. The Kier molecular flexibility index (Phi) is 4.36. The lowest BCUT2D eigenvalue weighted by Gasteiger charge is -2.39. The van der Waals surface area contributed by atoms with E-state index >= 15 is 0 Å². The highest BCUT2D eigenvalue weighted by molar-refractivity contribution is 6.29. The maximum atomic E-state index is 12.1. The fourth-order valence-electron chi connectivity index (χ4n) is 3.62. The first-order valence-electron chi connectivity index (χ1n) is 8.04. The van der Waals surface area contributed by atoms with Crippen molar-refractivity contribution in [3.8, 4) is 0 Å². The van der Waals surface area contributed by atoms with Crippen LogP contribution in [0.1, 0.15) is 33.6 Å². The molecule has 1 amide bonds. The Labute approximate surface area is 141 Å². The van der Waals surface area contributed by atoms with Crippen molar-refractivity contribution in [1.82, 2.24) is 15.5 Å². The number of piperidine rings is 1. The highest BCUT2D eigenvalue weighted by Gasteiger charge is 2.43. The van der Waals surface area contributed by atoms with E-state index in [2.05, 4.69) is 20.4 Å². The summed E-state index contributed by atoms with van der Waals surface area (Å²) in [6.45, 7) is 7.41. The monoisotopic (exact) mass is 338 g/mol. The van der Waals surface area contributed by atoms with Crippen molar-refractivity contribution in [2.75, 3.05) is 18.0 Å². The van der Waals surface area contributed by atoms with Gasteiger partial charge >= 0.3 is 6.09 Å². The smallest absolute Gasteiger partial charge is 0.407 e. The van der Waals surface area contributed by atoms with Crippen LogP contribution in [-0.2, 0) is 4.74 Å². The Hall–Kier alpha value is -1.56. The lowest BCUT2D eigenvalue weighted by atomic mass is 9.92. The van der Waals surface area contributed by atoms with Gasteiger partial charge in [0.25, 0.3) is 0 Å². The zero-order valence-corrected chi connectivity index (χ0v) is 14.5. The van der Waals surface area contributed by atoms with E-state index in [0.29, 0.717) is 17.0 Å². The number of alkyl carbamates (subject to hydrolysis) is 1. The van der Waals surface area contributed by atoms with Gasteiger partial charge in [-0.25, -0.2) is 4.79 Å². The van der Waals surface area contributed by atoms with Crippen LogP contribution in [0.2, 0.25) is 5.15 Å². The molecule has 0 aromatic carbocycles. The average molecular weight is 339 g/mol. The van der Waals surface area contributed by atoms with Gasteiger partial charge in [0.1, 0.15) is 5.60 Å². The van der Waals surface area contributed by atoms with Crippen LogP contribution in [0.5, 0.6) is 0 Å². The number of hydrogen-bond acceptors (Lipinski definition) is 5. The maximum absolute atomic E-state index is 12.1. The second-order valence-corrected chi connectivity index (χ2v) is 7.80. The van der Waals surface area contributed by atoms with E-state index in [4.69, 9.17) is 16.3 Å². The predicted molar refractivity (Wildman–Crippen MR) is 88.6 cm³/mol. The van der Waals surface area contributed by atoms with Gasteiger partial charge < -0.3 is 15.0 Å². The summed E-state index contributed by atoms with van der Waals surface area (Å²) in [6, 6.07) is 2.03. The van der Waals surface area contributed by atoms with Crippen LogP contribution >= 0.6 is 11.6 Å². The molecule has 126 valence electrons. The van der Waals surface area contributed by atoms with Gasteiger partial charge in [-0.15, -0.1) is 5.10 Å². The summed E-state index contributed by atoms with van der Waals surface area (Å²) in [5.41, 5.74) is 0.529. The van der Waals surface area contributed by atoms with Crippen LogP contribution in [0.4, 0.5) is 10.5 Å². The van der Waals surface area contributed by atoms with Crippen molar-refractivity contribution in [3.05, 3.63) is 17.4 Å². The Balaban J connectivity index is 1.64. The average Bonchev–Trinajstić information content (AvgIpc) is 2.68. The first-order chi connectivity index (χ1) is 10.8. The standard InChI is InChI=1S/C16H23ClN4O2/c1-16(2,3)23-15(22)19-14-10-4-5-11(14)9-21(8-10)12-6-13(17)20-18-7-12/h6-7,10-11,14H,4-5,8-9H2,1-3H3,(H,19,22)/t10-,11+,14+. The number of halogens is 1. The van der Waals surface area contributed by atoms with Crippen LogP contribution in [0.15, 0.2) is 12.3 Å². The molecule has 0 unspecified atom stereocenters. The number of fused-ring (bicyclic) bond motifs is 2. The summed E-state index contributed by atoms with van der Waals surface area (Å²) in [4.78, 5) is 14.3. The van der Waals surface area contributed by atoms with E-state index in [9.17, 15) is 4.79 Å². The van der Waals surface area contributed by atoms with Crippen molar-refractivity contribution in [3.63, 3.8) is 0 Å². The zero-order valence-electron chi connectivity index (χ0n) is 13.8. The summed E-state index contributed by atoms with van der Waals surface area (Å²) in [5.74, 6) is 0.849. The predicted octanol–water partition coefficient (Wildman–Crippen LogP) is 2.87. The molecule has 1 saturated heterocycles. The molecule has 0 spiro atoms. The SMILES string of the molecule is CC(C)(C)OC(=O)N[C@H]1[C@@H]2CC[C@H]1CN(c1cnnc(Cl)c1)C2. The van der Waals surface area contributed by atoms with E-state index in [1.54, 1.807) is 6.20 Å². The molecule has 1 aliphatic heterocycles. The first-order valence-corrected chi connectivity index (χ1v) is 8.42. The van der Waals surface area contributed by atoms with Crippen molar-refractivity contribution in [2.45, 2.75) is 45.3 Å². The van der Waals surface area contributed by atoms with E-state index in [1.807, 2.05) is 26.8 Å². The number of nitrogens with one attached hydrogen (secondary N) is 1. The molecule has 2 aliphatic rings. The number of ether oxygens (including phenoxy) is 1. The molecule has 1 aromatic heterocycles. The van der Waals surface area contributed by atoms with Crippen LogP contribution in [0.25, 0.3) is 0 Å². The fourth-order valence-corrected chi connectivity index (χ4v) is 3.77. The van der Waals surface area contributed by atoms with Crippen LogP contribution in [0.3, 0.4) is 0 Å². The van der Waals surface area contributed by atoms with Gasteiger partial charge in [0.05, 0.1) is 11.9 Å². The molecule has 7 heteroatoms. The van der Waals surface area contributed by atoms with Gasteiger partial charge in [-0.2, -0.15) is 5.10 Å². The van der Waals surface area contributed by atoms with Crippen LogP contribution in [0, 0.1) is 11.8 Å². The van der Waals surface area contributed by atoms with E-state index in [1.165, 1.54) is 0 Å². The van der Waals surface area contributed by atoms with Gasteiger partial charge in [0, 0.05) is 25.2 Å². The van der Waals surface area contributed by atoms with Crippen LogP contribution < -0.4 is 10.2 Å². The van der Waals surface area contributed by atoms with E-state index in [0.717, 1.165) is 31.6 Å². The summed E-state index contributed by atoms with van der Waals surface area (Å²) < 4.78 is 5.39. The topological polar surface area (TPSA) is 67.3 Å². The molecule has 3 atom stereocenters. The number of anilines is 1. The number of aromatic nitrogens is 2. The fraction of sp³-hybridized carbons (Fsp3) is 0.688. The molecule has 2 fully saturated rings. The third-order valence-corrected chi connectivity index (χ3v) is 4.68. The van der Waals surface area contributed by atoms with Gasteiger partial charge in [-0.1, -0.05) is 11.6 Å². The van der Waals surface area contributed by atoms with E-state index in [-0.39, 0.29) is 12.1 Å². The summed E-state index contributed by atoms with van der Waals surface area (Å²) >= 11 is 5.94. The molecule has 6 nitrogen and oxygen atoms in total. The minimum Gasteiger partial charge on any atom is -0.444 e. The lowest BCUT2D eigenvalue weighted by Crippen LogP contribution is -2.53. The summed E-state index contributed by atoms with van der Waals surface area (Å²) in [5, 5.41) is 11.2. The molecule has 2 bridgehead atoms. The molecule has 1 aliphatic carbocycles. The molecule has 1 aromatic rings. The largest absolute Gasteiger partial charge is 0.444 e. The lowest BCUT2D eigenvalue weighted by molar-refractivity contribution is 0.0472. The van der Waals surface area contributed by atoms with Gasteiger partial charge in [-0.05, 0) is 45.4 Å².